The lowest BCUT2D eigenvalue weighted by atomic mass is 10.2. The highest BCUT2D eigenvalue weighted by atomic mass is 15.1. The Hall–Kier alpha value is -0.570. The number of rotatable bonds is 7. The van der Waals surface area contributed by atoms with E-state index < -0.39 is 0 Å². The van der Waals surface area contributed by atoms with Crippen molar-refractivity contribution in [1.29, 1.82) is 5.41 Å². The van der Waals surface area contributed by atoms with E-state index in [1.165, 1.54) is 25.8 Å². The van der Waals surface area contributed by atoms with Crippen LogP contribution in [0.1, 0.15) is 39.5 Å². The first-order valence-electron chi connectivity index (χ1n) is 5.66. The largest absolute Gasteiger partial charge is 0.388 e. The summed E-state index contributed by atoms with van der Waals surface area (Å²) in [5.41, 5.74) is 5.37. The molecule has 0 aliphatic heterocycles. The Morgan fingerprint density at radius 1 is 1.43 bits per heavy atom. The van der Waals surface area contributed by atoms with Crippen LogP contribution in [0.3, 0.4) is 0 Å². The first-order chi connectivity index (χ1) is 6.59. The average molecular weight is 197 g/mol. The molecule has 0 aromatic heterocycles. The Balaban J connectivity index is 2.18. The molecule has 0 atom stereocenters. The van der Waals surface area contributed by atoms with Crippen molar-refractivity contribution in [3.63, 3.8) is 0 Å². The first-order valence-corrected chi connectivity index (χ1v) is 5.66. The monoisotopic (exact) mass is 197 g/mol. The molecule has 0 heterocycles. The zero-order valence-corrected chi connectivity index (χ0v) is 9.42. The number of nitrogens with zero attached hydrogens (tertiary/aromatic N) is 1. The molecule has 82 valence electrons. The molecule has 14 heavy (non-hydrogen) atoms. The van der Waals surface area contributed by atoms with Gasteiger partial charge in [-0.3, -0.25) is 5.41 Å². The van der Waals surface area contributed by atoms with Gasteiger partial charge in [0.25, 0.3) is 0 Å². The summed E-state index contributed by atoms with van der Waals surface area (Å²) in [6.07, 6.45) is 4.90. The zero-order valence-electron chi connectivity index (χ0n) is 9.42. The molecule has 0 aromatic carbocycles. The highest BCUT2D eigenvalue weighted by Crippen LogP contribution is 2.32. The van der Waals surface area contributed by atoms with Crippen LogP contribution in [0.4, 0.5) is 0 Å². The van der Waals surface area contributed by atoms with Gasteiger partial charge in [-0.25, -0.2) is 0 Å². The number of amidine groups is 1. The summed E-state index contributed by atoms with van der Waals surface area (Å²) in [5.74, 6) is 1.30. The summed E-state index contributed by atoms with van der Waals surface area (Å²) < 4.78 is 0. The minimum absolute atomic E-state index is 0.307. The zero-order chi connectivity index (χ0) is 10.6. The molecule has 3 nitrogen and oxygen atoms in total. The Morgan fingerprint density at radius 2 is 2.07 bits per heavy atom. The van der Waals surface area contributed by atoms with Crippen LogP contribution < -0.4 is 5.73 Å². The number of hydrogen-bond acceptors (Lipinski definition) is 2. The maximum absolute atomic E-state index is 7.21. The number of nitrogens with two attached hydrogens (primary N) is 1. The molecule has 0 saturated heterocycles. The molecule has 1 rings (SSSR count). The van der Waals surface area contributed by atoms with Gasteiger partial charge < -0.3 is 10.6 Å². The molecule has 3 heteroatoms. The Morgan fingerprint density at radius 3 is 2.50 bits per heavy atom. The van der Waals surface area contributed by atoms with Crippen LogP contribution in [-0.4, -0.2) is 29.9 Å². The van der Waals surface area contributed by atoms with E-state index in [0.717, 1.165) is 12.5 Å². The van der Waals surface area contributed by atoms with E-state index in [1.54, 1.807) is 0 Å². The predicted molar refractivity (Wildman–Crippen MR) is 60.6 cm³/mol. The van der Waals surface area contributed by atoms with Crippen LogP contribution in [0, 0.1) is 11.3 Å². The van der Waals surface area contributed by atoms with Crippen molar-refractivity contribution in [3.05, 3.63) is 0 Å². The standard InChI is InChI=1S/C11H23N3/c1-9(2)14(8-6-11(12)13)7-5-10-3-4-10/h9-10H,3-8H2,1-2H3,(H3,12,13). The first kappa shape index (κ1) is 11.5. The molecular formula is C11H23N3. The van der Waals surface area contributed by atoms with Gasteiger partial charge in [0.05, 0.1) is 5.84 Å². The molecule has 1 aliphatic carbocycles. The highest BCUT2D eigenvalue weighted by Gasteiger charge is 2.22. The quantitative estimate of drug-likeness (QED) is 0.483. The van der Waals surface area contributed by atoms with E-state index in [1.807, 2.05) is 0 Å². The second-order valence-corrected chi connectivity index (χ2v) is 4.64. The molecule has 0 bridgehead atoms. The summed E-state index contributed by atoms with van der Waals surface area (Å²) in [7, 11) is 0. The van der Waals surface area contributed by atoms with Gasteiger partial charge in [0.1, 0.15) is 0 Å². The molecule has 1 aliphatic rings. The molecule has 0 aromatic rings. The summed E-state index contributed by atoms with van der Waals surface area (Å²) in [6, 6.07) is 0.577. The van der Waals surface area contributed by atoms with E-state index in [0.29, 0.717) is 18.3 Å². The normalized spacial score (nSPS) is 16.6. The van der Waals surface area contributed by atoms with E-state index >= 15 is 0 Å². The number of hydrogen-bond donors (Lipinski definition) is 2. The molecule has 1 saturated carbocycles. The smallest absolute Gasteiger partial charge is 0.0918 e. The molecule has 0 radical (unpaired) electrons. The SMILES string of the molecule is CC(C)N(CCC(=N)N)CCC1CC1. The molecule has 3 N–H and O–H groups in total. The fourth-order valence-electron chi connectivity index (χ4n) is 1.65. The lowest BCUT2D eigenvalue weighted by Gasteiger charge is -2.26. The van der Waals surface area contributed by atoms with Gasteiger partial charge in [-0.05, 0) is 32.7 Å². The van der Waals surface area contributed by atoms with E-state index in [2.05, 4.69) is 18.7 Å². The molecule has 0 spiro atoms. The van der Waals surface area contributed by atoms with Crippen molar-refractivity contribution in [2.75, 3.05) is 13.1 Å². The molecule has 1 fully saturated rings. The van der Waals surface area contributed by atoms with Gasteiger partial charge >= 0.3 is 0 Å². The Bertz CT molecular complexity index is 185. The fraction of sp³-hybridized carbons (Fsp3) is 0.909. The molecular weight excluding hydrogens is 174 g/mol. The van der Waals surface area contributed by atoms with Gasteiger partial charge in [-0.2, -0.15) is 0 Å². The lowest BCUT2D eigenvalue weighted by Crippen LogP contribution is -2.34. The predicted octanol–water partition coefficient (Wildman–Crippen LogP) is 1.82. The fourth-order valence-corrected chi connectivity index (χ4v) is 1.65. The highest BCUT2D eigenvalue weighted by molar-refractivity contribution is 5.76. The van der Waals surface area contributed by atoms with Crippen LogP contribution in [0.5, 0.6) is 0 Å². The topological polar surface area (TPSA) is 53.1 Å². The molecule has 0 unspecified atom stereocenters. The van der Waals surface area contributed by atoms with Crippen LogP contribution in [0.15, 0.2) is 0 Å². The average Bonchev–Trinajstić information content (AvgIpc) is 2.86. The van der Waals surface area contributed by atoms with Gasteiger partial charge in [0.15, 0.2) is 0 Å². The van der Waals surface area contributed by atoms with Crippen LogP contribution in [0.25, 0.3) is 0 Å². The third-order valence-electron chi connectivity index (χ3n) is 2.92. The van der Waals surface area contributed by atoms with E-state index in [4.69, 9.17) is 11.1 Å². The van der Waals surface area contributed by atoms with Crippen molar-refractivity contribution in [1.82, 2.24) is 4.90 Å². The van der Waals surface area contributed by atoms with E-state index in [9.17, 15) is 0 Å². The minimum atomic E-state index is 0.307. The maximum atomic E-state index is 7.21. The maximum Gasteiger partial charge on any atom is 0.0918 e. The van der Waals surface area contributed by atoms with Crippen molar-refractivity contribution in [2.24, 2.45) is 11.7 Å². The Kier molecular flexibility index (Phi) is 4.39. The van der Waals surface area contributed by atoms with Crippen LogP contribution >= 0.6 is 0 Å². The van der Waals surface area contributed by atoms with Crippen LogP contribution in [0.2, 0.25) is 0 Å². The van der Waals surface area contributed by atoms with Crippen molar-refractivity contribution < 1.29 is 0 Å². The van der Waals surface area contributed by atoms with Gasteiger partial charge in [-0.1, -0.05) is 12.8 Å². The number of nitrogens with one attached hydrogen (secondary N) is 1. The minimum Gasteiger partial charge on any atom is -0.388 e. The summed E-state index contributed by atoms with van der Waals surface area (Å²) in [4.78, 5) is 2.43. The summed E-state index contributed by atoms with van der Waals surface area (Å²) in [5, 5.41) is 7.21. The molecule has 0 amide bonds. The Labute approximate surface area is 87.2 Å². The third kappa shape index (κ3) is 4.61. The summed E-state index contributed by atoms with van der Waals surface area (Å²) >= 11 is 0. The summed E-state index contributed by atoms with van der Waals surface area (Å²) in [6.45, 7) is 6.55. The van der Waals surface area contributed by atoms with Gasteiger partial charge in [0, 0.05) is 19.0 Å². The second kappa shape index (κ2) is 5.35. The third-order valence-corrected chi connectivity index (χ3v) is 2.92. The van der Waals surface area contributed by atoms with Gasteiger partial charge in [-0.15, -0.1) is 0 Å². The van der Waals surface area contributed by atoms with E-state index in [-0.39, 0.29) is 0 Å². The van der Waals surface area contributed by atoms with Crippen LogP contribution in [-0.2, 0) is 0 Å². The lowest BCUT2D eigenvalue weighted by molar-refractivity contribution is 0.221. The van der Waals surface area contributed by atoms with Crippen molar-refractivity contribution >= 4 is 5.84 Å². The van der Waals surface area contributed by atoms with Gasteiger partial charge in [0.2, 0.25) is 0 Å². The van der Waals surface area contributed by atoms with Crippen molar-refractivity contribution in [3.8, 4) is 0 Å². The van der Waals surface area contributed by atoms with Crippen molar-refractivity contribution in [2.45, 2.75) is 45.6 Å². The second-order valence-electron chi connectivity index (χ2n) is 4.64.